The third-order valence-electron chi connectivity index (χ3n) is 4.57. The number of nitrogens with zero attached hydrogens (tertiary/aromatic N) is 4. The second-order valence-corrected chi connectivity index (χ2v) is 6.86. The quantitative estimate of drug-likeness (QED) is 0.490. The van der Waals surface area contributed by atoms with E-state index in [0.29, 0.717) is 17.2 Å². The summed E-state index contributed by atoms with van der Waals surface area (Å²) in [7, 11) is 0. The van der Waals surface area contributed by atoms with Crippen LogP contribution in [0.1, 0.15) is 29.4 Å². The van der Waals surface area contributed by atoms with Gasteiger partial charge in [0.15, 0.2) is 5.15 Å². The van der Waals surface area contributed by atoms with Gasteiger partial charge in [0.25, 0.3) is 5.56 Å². The van der Waals surface area contributed by atoms with Crippen LogP contribution in [0.4, 0.5) is 17.6 Å². The fourth-order valence-electron chi connectivity index (χ4n) is 3.24. The number of hydrogen-bond donors (Lipinski definition) is 0. The Hall–Kier alpha value is -2.86. The van der Waals surface area contributed by atoms with E-state index in [1.807, 2.05) is 0 Å². The van der Waals surface area contributed by atoms with Gasteiger partial charge in [-0.1, -0.05) is 11.6 Å². The first-order valence-corrected chi connectivity index (χ1v) is 8.54. The van der Waals surface area contributed by atoms with Crippen molar-refractivity contribution in [1.29, 1.82) is 0 Å². The van der Waals surface area contributed by atoms with E-state index >= 15 is 0 Å². The zero-order valence-corrected chi connectivity index (χ0v) is 14.8. The molecule has 0 aromatic carbocycles. The van der Waals surface area contributed by atoms with Crippen LogP contribution in [0.15, 0.2) is 29.1 Å². The zero-order valence-electron chi connectivity index (χ0n) is 14.0. The molecule has 0 bridgehead atoms. The summed E-state index contributed by atoms with van der Waals surface area (Å²) in [6.07, 6.45) is 1.26. The fraction of sp³-hybridized carbons (Fsp3) is 0.278. The monoisotopic (exact) mass is 410 g/mol. The average Bonchev–Trinajstić information content (AvgIpc) is 3.28. The van der Waals surface area contributed by atoms with Gasteiger partial charge in [0.05, 0.1) is 17.9 Å². The molecule has 3 heterocycles. The lowest BCUT2D eigenvalue weighted by Gasteiger charge is -2.12. The van der Waals surface area contributed by atoms with Crippen molar-refractivity contribution in [2.24, 2.45) is 5.92 Å². The first kappa shape index (κ1) is 18.5. The number of rotatable bonds is 3. The number of terminal acetylenes is 1. The maximum Gasteiger partial charge on any atom is 0.433 e. The molecule has 4 rings (SSSR count). The van der Waals surface area contributed by atoms with E-state index in [1.165, 1.54) is 12.1 Å². The lowest BCUT2D eigenvalue weighted by molar-refractivity contribution is -0.144. The molecule has 0 amide bonds. The van der Waals surface area contributed by atoms with Crippen LogP contribution in [0.2, 0.25) is 5.15 Å². The van der Waals surface area contributed by atoms with Crippen molar-refractivity contribution >= 4 is 17.2 Å². The summed E-state index contributed by atoms with van der Waals surface area (Å²) in [6.45, 7) is -0.420. The molecule has 10 heteroatoms. The van der Waals surface area contributed by atoms with Gasteiger partial charge in [-0.05, 0) is 18.6 Å². The normalized spacial score (nSPS) is 19.0. The van der Waals surface area contributed by atoms with Crippen molar-refractivity contribution in [3.05, 3.63) is 62.7 Å². The minimum absolute atomic E-state index is 0.0390. The van der Waals surface area contributed by atoms with E-state index in [1.54, 1.807) is 0 Å². The van der Waals surface area contributed by atoms with Gasteiger partial charge < -0.3 is 0 Å². The molecule has 3 aromatic rings. The predicted molar refractivity (Wildman–Crippen MR) is 92.4 cm³/mol. The van der Waals surface area contributed by atoms with Crippen LogP contribution in [-0.4, -0.2) is 19.2 Å². The molecule has 3 aromatic heterocycles. The molecule has 144 valence electrons. The summed E-state index contributed by atoms with van der Waals surface area (Å²) < 4.78 is 55.4. The standard InChI is InChI=1S/C18H11ClF4N4O/c1-2-9-5-11(9)17-12(20)3-4-15-24-10(6-16(28)27(15)17)8-26-13(18(21,22)23)7-14(19)25-26/h1,3-4,6-7,9,11H,5,8H2. The maximum atomic E-state index is 14.3. The predicted octanol–water partition coefficient (Wildman–Crippen LogP) is 3.49. The number of hydrogen-bond acceptors (Lipinski definition) is 3. The second kappa shape index (κ2) is 6.34. The van der Waals surface area contributed by atoms with E-state index in [2.05, 4.69) is 16.0 Å². The van der Waals surface area contributed by atoms with Crippen LogP contribution in [-0.2, 0) is 12.7 Å². The number of fused-ring (bicyclic) bond motifs is 1. The van der Waals surface area contributed by atoms with Crippen LogP contribution in [0.5, 0.6) is 0 Å². The van der Waals surface area contributed by atoms with E-state index in [-0.39, 0.29) is 34.0 Å². The smallest absolute Gasteiger partial charge is 0.269 e. The van der Waals surface area contributed by atoms with Crippen LogP contribution in [0.3, 0.4) is 0 Å². The van der Waals surface area contributed by atoms with E-state index in [0.717, 1.165) is 10.5 Å². The summed E-state index contributed by atoms with van der Waals surface area (Å²) in [5, 5.41) is 3.27. The van der Waals surface area contributed by atoms with E-state index < -0.39 is 29.8 Å². The van der Waals surface area contributed by atoms with Gasteiger partial charge in [-0.25, -0.2) is 9.37 Å². The number of pyridine rings is 1. The minimum atomic E-state index is -4.67. The van der Waals surface area contributed by atoms with Crippen molar-refractivity contribution in [3.63, 3.8) is 0 Å². The molecular formula is C18H11ClF4N4O. The molecule has 0 aliphatic heterocycles. The molecule has 0 radical (unpaired) electrons. The molecule has 1 fully saturated rings. The average molecular weight is 411 g/mol. The fourth-order valence-corrected chi connectivity index (χ4v) is 3.43. The first-order chi connectivity index (χ1) is 13.2. The lowest BCUT2D eigenvalue weighted by Crippen LogP contribution is -2.22. The Bertz CT molecular complexity index is 1190. The highest BCUT2D eigenvalue weighted by atomic mass is 35.5. The van der Waals surface area contributed by atoms with Gasteiger partial charge in [0.2, 0.25) is 0 Å². The Morgan fingerprint density at radius 1 is 1.32 bits per heavy atom. The molecular weight excluding hydrogens is 400 g/mol. The largest absolute Gasteiger partial charge is 0.433 e. The number of aromatic nitrogens is 4. The number of halogens is 5. The molecule has 0 N–H and O–H groups in total. The summed E-state index contributed by atoms with van der Waals surface area (Å²) in [4.78, 5) is 16.8. The lowest BCUT2D eigenvalue weighted by atomic mass is 10.2. The van der Waals surface area contributed by atoms with Crippen molar-refractivity contribution in [2.45, 2.75) is 25.1 Å². The van der Waals surface area contributed by atoms with Gasteiger partial charge in [-0.15, -0.1) is 12.3 Å². The van der Waals surface area contributed by atoms with E-state index in [9.17, 15) is 22.4 Å². The van der Waals surface area contributed by atoms with E-state index in [4.69, 9.17) is 18.0 Å². The Morgan fingerprint density at radius 2 is 2.07 bits per heavy atom. The molecule has 1 aliphatic rings. The van der Waals surface area contributed by atoms with Gasteiger partial charge in [0.1, 0.15) is 17.2 Å². The molecule has 0 spiro atoms. The molecule has 2 unspecified atom stereocenters. The Kier molecular flexibility index (Phi) is 4.19. The SMILES string of the molecule is C#CC1CC1c1c(F)ccc2nc(Cn3nc(Cl)cc3C(F)(F)F)cc(=O)n12. The maximum absolute atomic E-state index is 14.3. The second-order valence-electron chi connectivity index (χ2n) is 6.47. The van der Waals surface area contributed by atoms with Gasteiger partial charge in [0, 0.05) is 24.0 Å². The highest BCUT2D eigenvalue weighted by Crippen LogP contribution is 2.47. The van der Waals surface area contributed by atoms with Crippen LogP contribution in [0.25, 0.3) is 5.65 Å². The Labute approximate surface area is 160 Å². The Balaban J connectivity index is 1.79. The number of alkyl halides is 3. The summed E-state index contributed by atoms with van der Waals surface area (Å²) in [6, 6.07) is 4.20. The van der Waals surface area contributed by atoms with Crippen LogP contribution < -0.4 is 5.56 Å². The minimum Gasteiger partial charge on any atom is -0.269 e. The van der Waals surface area contributed by atoms with Crippen molar-refractivity contribution in [1.82, 2.24) is 19.2 Å². The van der Waals surface area contributed by atoms with Gasteiger partial charge in [-0.2, -0.15) is 18.3 Å². The van der Waals surface area contributed by atoms with Crippen LogP contribution in [0, 0.1) is 24.1 Å². The zero-order chi connectivity index (χ0) is 20.2. The third kappa shape index (κ3) is 3.14. The highest BCUT2D eigenvalue weighted by molar-refractivity contribution is 6.29. The first-order valence-electron chi connectivity index (χ1n) is 8.17. The molecule has 1 aliphatic carbocycles. The molecule has 28 heavy (non-hydrogen) atoms. The summed E-state index contributed by atoms with van der Waals surface area (Å²) in [5.74, 6) is 1.50. The van der Waals surface area contributed by atoms with Crippen molar-refractivity contribution in [2.75, 3.05) is 0 Å². The van der Waals surface area contributed by atoms with Crippen molar-refractivity contribution < 1.29 is 17.6 Å². The Morgan fingerprint density at radius 3 is 2.71 bits per heavy atom. The molecule has 1 saturated carbocycles. The molecule has 2 atom stereocenters. The third-order valence-corrected chi connectivity index (χ3v) is 4.75. The van der Waals surface area contributed by atoms with Gasteiger partial charge >= 0.3 is 6.18 Å². The van der Waals surface area contributed by atoms with Crippen LogP contribution >= 0.6 is 11.6 Å². The topological polar surface area (TPSA) is 52.2 Å². The molecule has 0 saturated heterocycles. The summed E-state index contributed by atoms with van der Waals surface area (Å²) >= 11 is 5.60. The highest BCUT2D eigenvalue weighted by Gasteiger charge is 2.41. The van der Waals surface area contributed by atoms with Gasteiger partial charge in [-0.3, -0.25) is 13.9 Å². The van der Waals surface area contributed by atoms with Crippen molar-refractivity contribution in [3.8, 4) is 12.3 Å². The summed E-state index contributed by atoms with van der Waals surface area (Å²) in [5.41, 5.74) is -1.37. The molecule has 5 nitrogen and oxygen atoms in total.